The lowest BCUT2D eigenvalue weighted by molar-refractivity contribution is -0.118. The Hall–Kier alpha value is -2.04. The molecule has 1 aromatic carbocycles. The van der Waals surface area contributed by atoms with Gasteiger partial charge in [-0.05, 0) is 50.8 Å². The van der Waals surface area contributed by atoms with Gasteiger partial charge in [-0.25, -0.2) is 4.79 Å². The van der Waals surface area contributed by atoms with Gasteiger partial charge in [-0.15, -0.1) is 0 Å². The van der Waals surface area contributed by atoms with Gasteiger partial charge in [0.25, 0.3) is 0 Å². The first kappa shape index (κ1) is 16.3. The molecule has 0 spiro atoms. The van der Waals surface area contributed by atoms with E-state index in [9.17, 15) is 9.59 Å². The smallest absolute Gasteiger partial charge is 0.315 e. The molecule has 2 N–H and O–H groups in total. The number of rotatable bonds is 3. The number of hydrogen-bond acceptors (Lipinski definition) is 2. The van der Waals surface area contributed by atoms with Gasteiger partial charge in [0.05, 0.1) is 0 Å². The van der Waals surface area contributed by atoms with E-state index >= 15 is 0 Å². The van der Waals surface area contributed by atoms with Crippen LogP contribution in [0.1, 0.15) is 38.3 Å². The van der Waals surface area contributed by atoms with Gasteiger partial charge < -0.3 is 15.5 Å². The number of hydrogen-bond donors (Lipinski definition) is 2. The minimum absolute atomic E-state index is 0.143. The molecule has 120 valence electrons. The molecule has 0 fully saturated rings. The van der Waals surface area contributed by atoms with Crippen LogP contribution in [0.5, 0.6) is 0 Å². The van der Waals surface area contributed by atoms with E-state index in [2.05, 4.69) is 16.7 Å². The number of fused-ring (bicyclic) bond motifs is 1. The molecule has 0 atom stereocenters. The van der Waals surface area contributed by atoms with Crippen molar-refractivity contribution in [2.24, 2.45) is 0 Å². The quantitative estimate of drug-likeness (QED) is 0.899. The Morgan fingerprint density at radius 3 is 2.68 bits per heavy atom. The summed E-state index contributed by atoms with van der Waals surface area (Å²) in [5.41, 5.74) is 3.15. The minimum atomic E-state index is -0.229. The maximum absolute atomic E-state index is 11.7. The average molecular weight is 303 g/mol. The van der Waals surface area contributed by atoms with E-state index in [4.69, 9.17) is 0 Å². The third-order valence-electron chi connectivity index (χ3n) is 3.68. The number of aryl methyl sites for hydroxylation is 1. The SMILES string of the molecule is CN1C(=O)CCc2cc(CCNC(=O)NC(C)(C)C)ccc21. The van der Waals surface area contributed by atoms with E-state index in [1.807, 2.05) is 40.0 Å². The zero-order valence-corrected chi connectivity index (χ0v) is 13.8. The average Bonchev–Trinajstić information content (AvgIpc) is 2.41. The van der Waals surface area contributed by atoms with Crippen molar-refractivity contribution in [3.05, 3.63) is 29.3 Å². The van der Waals surface area contributed by atoms with Gasteiger partial charge in [0.1, 0.15) is 0 Å². The van der Waals surface area contributed by atoms with Crippen molar-refractivity contribution in [1.82, 2.24) is 10.6 Å². The molecular formula is C17H25N3O2. The molecule has 2 rings (SSSR count). The van der Waals surface area contributed by atoms with Gasteiger partial charge in [0.15, 0.2) is 0 Å². The molecule has 5 heteroatoms. The predicted molar refractivity (Wildman–Crippen MR) is 88.2 cm³/mol. The summed E-state index contributed by atoms with van der Waals surface area (Å²) in [5, 5.41) is 5.74. The first-order valence-electron chi connectivity index (χ1n) is 7.70. The summed E-state index contributed by atoms with van der Waals surface area (Å²) in [5.74, 6) is 0.167. The topological polar surface area (TPSA) is 61.4 Å². The van der Waals surface area contributed by atoms with Crippen LogP contribution in [0, 0.1) is 0 Å². The van der Waals surface area contributed by atoms with E-state index in [0.717, 1.165) is 18.5 Å². The molecule has 1 aliphatic rings. The normalized spacial score (nSPS) is 14.5. The molecule has 1 aliphatic heterocycles. The molecule has 0 saturated heterocycles. The van der Waals surface area contributed by atoms with Gasteiger partial charge in [-0.1, -0.05) is 12.1 Å². The maximum Gasteiger partial charge on any atom is 0.315 e. The standard InChI is InChI=1S/C17H25N3O2/c1-17(2,3)19-16(22)18-10-9-12-5-7-14-13(11-12)6-8-15(21)20(14)4/h5,7,11H,6,8-10H2,1-4H3,(H2,18,19,22). The van der Waals surface area contributed by atoms with Crippen LogP contribution >= 0.6 is 0 Å². The Morgan fingerprint density at radius 1 is 1.27 bits per heavy atom. The molecule has 0 unspecified atom stereocenters. The molecule has 0 saturated carbocycles. The van der Waals surface area contributed by atoms with Crippen LogP contribution in [0.25, 0.3) is 0 Å². The van der Waals surface area contributed by atoms with E-state index in [1.165, 1.54) is 11.1 Å². The fraction of sp³-hybridized carbons (Fsp3) is 0.529. The molecule has 5 nitrogen and oxygen atoms in total. The fourth-order valence-corrected chi connectivity index (χ4v) is 2.57. The zero-order chi connectivity index (χ0) is 16.3. The van der Waals surface area contributed by atoms with Gasteiger partial charge >= 0.3 is 6.03 Å². The summed E-state index contributed by atoms with van der Waals surface area (Å²) >= 11 is 0. The van der Waals surface area contributed by atoms with Crippen molar-refractivity contribution in [2.75, 3.05) is 18.5 Å². The fourth-order valence-electron chi connectivity index (χ4n) is 2.57. The Labute approximate surface area is 132 Å². The molecule has 22 heavy (non-hydrogen) atoms. The van der Waals surface area contributed by atoms with Crippen LogP contribution in [-0.4, -0.2) is 31.1 Å². The molecule has 0 aromatic heterocycles. The highest BCUT2D eigenvalue weighted by atomic mass is 16.2. The van der Waals surface area contributed by atoms with Crippen molar-refractivity contribution in [3.63, 3.8) is 0 Å². The summed E-state index contributed by atoms with van der Waals surface area (Å²) in [7, 11) is 1.82. The Kier molecular flexibility index (Phi) is 4.74. The monoisotopic (exact) mass is 303 g/mol. The van der Waals surface area contributed by atoms with Crippen molar-refractivity contribution in [1.29, 1.82) is 0 Å². The Balaban J connectivity index is 1.90. The number of carbonyl (C=O) groups excluding carboxylic acids is 2. The van der Waals surface area contributed by atoms with Gasteiger partial charge in [-0.3, -0.25) is 4.79 Å². The molecule has 0 aliphatic carbocycles. The van der Waals surface area contributed by atoms with Crippen molar-refractivity contribution in [3.8, 4) is 0 Å². The number of nitrogens with zero attached hydrogens (tertiary/aromatic N) is 1. The van der Waals surface area contributed by atoms with Gasteiger partial charge in [0.2, 0.25) is 5.91 Å². The summed E-state index contributed by atoms with van der Waals surface area (Å²) in [6.45, 7) is 6.45. The molecule has 1 aromatic rings. The second-order valence-electron chi connectivity index (χ2n) is 6.80. The molecule has 3 amide bonds. The first-order valence-corrected chi connectivity index (χ1v) is 7.70. The Morgan fingerprint density at radius 2 is 2.00 bits per heavy atom. The Bertz CT molecular complexity index is 576. The molecule has 1 heterocycles. The van der Waals surface area contributed by atoms with Crippen LogP contribution in [-0.2, 0) is 17.6 Å². The first-order chi connectivity index (χ1) is 10.3. The highest BCUT2D eigenvalue weighted by Gasteiger charge is 2.20. The lowest BCUT2D eigenvalue weighted by atomic mass is 9.98. The van der Waals surface area contributed by atoms with E-state index in [0.29, 0.717) is 13.0 Å². The largest absolute Gasteiger partial charge is 0.338 e. The molecular weight excluding hydrogens is 278 g/mol. The number of benzene rings is 1. The van der Waals surface area contributed by atoms with Crippen molar-refractivity contribution >= 4 is 17.6 Å². The van der Waals surface area contributed by atoms with Crippen LogP contribution in [0.4, 0.5) is 10.5 Å². The number of nitrogens with one attached hydrogen (secondary N) is 2. The highest BCUT2D eigenvalue weighted by Crippen LogP contribution is 2.27. The van der Waals surface area contributed by atoms with E-state index < -0.39 is 0 Å². The van der Waals surface area contributed by atoms with Crippen LogP contribution in [0.3, 0.4) is 0 Å². The summed E-state index contributed by atoms with van der Waals surface area (Å²) in [4.78, 5) is 25.1. The van der Waals surface area contributed by atoms with Crippen LogP contribution in [0.2, 0.25) is 0 Å². The number of urea groups is 1. The molecule has 0 bridgehead atoms. The maximum atomic E-state index is 11.7. The minimum Gasteiger partial charge on any atom is -0.338 e. The lowest BCUT2D eigenvalue weighted by Gasteiger charge is -2.26. The zero-order valence-electron chi connectivity index (χ0n) is 13.8. The summed E-state index contributed by atoms with van der Waals surface area (Å²) in [6, 6.07) is 6.02. The second kappa shape index (κ2) is 6.38. The number of anilines is 1. The number of amides is 3. The second-order valence-corrected chi connectivity index (χ2v) is 6.80. The third kappa shape index (κ3) is 4.23. The molecule has 0 radical (unpaired) electrons. The lowest BCUT2D eigenvalue weighted by Crippen LogP contribution is -2.46. The van der Waals surface area contributed by atoms with Crippen molar-refractivity contribution < 1.29 is 9.59 Å². The van der Waals surface area contributed by atoms with Gasteiger partial charge in [-0.2, -0.15) is 0 Å². The van der Waals surface area contributed by atoms with Crippen molar-refractivity contribution in [2.45, 2.75) is 45.6 Å². The van der Waals surface area contributed by atoms with E-state index in [1.54, 1.807) is 4.90 Å². The summed E-state index contributed by atoms with van der Waals surface area (Å²) < 4.78 is 0. The van der Waals surface area contributed by atoms with Gasteiger partial charge in [0, 0.05) is 31.2 Å². The van der Waals surface area contributed by atoms with E-state index in [-0.39, 0.29) is 17.5 Å². The summed E-state index contributed by atoms with van der Waals surface area (Å²) in [6.07, 6.45) is 2.14. The number of carbonyl (C=O) groups is 2. The predicted octanol–water partition coefficient (Wildman–Crippen LogP) is 2.24. The van der Waals surface area contributed by atoms with Crippen LogP contribution < -0.4 is 15.5 Å². The van der Waals surface area contributed by atoms with Crippen LogP contribution in [0.15, 0.2) is 18.2 Å². The third-order valence-corrected chi connectivity index (χ3v) is 3.68. The highest BCUT2D eigenvalue weighted by molar-refractivity contribution is 5.95.